The van der Waals surface area contributed by atoms with E-state index in [1.54, 1.807) is 11.3 Å². The van der Waals surface area contributed by atoms with Gasteiger partial charge in [-0.15, -0.1) is 22.7 Å². The van der Waals surface area contributed by atoms with Crippen LogP contribution in [0.5, 0.6) is 0 Å². The lowest BCUT2D eigenvalue weighted by molar-refractivity contribution is 0.0989. The molecule has 1 aliphatic heterocycles. The smallest absolute Gasteiger partial charge is 0.187 e. The largest absolute Gasteiger partial charge is 0.393 e. The monoisotopic (exact) mass is 318 g/mol. The van der Waals surface area contributed by atoms with Crippen molar-refractivity contribution in [3.05, 3.63) is 55.4 Å². The topological polar surface area (TPSA) is 66.9 Å². The number of carbonyl (C=O) groups is 1. The van der Waals surface area contributed by atoms with E-state index in [9.17, 15) is 10.1 Å². The van der Waals surface area contributed by atoms with E-state index < -0.39 is 0 Å². The zero-order valence-electron chi connectivity index (χ0n) is 10.3. The Morgan fingerprint density at radius 2 is 2.00 bits per heavy atom. The van der Waals surface area contributed by atoms with Gasteiger partial charge in [-0.3, -0.25) is 4.79 Å². The summed E-state index contributed by atoms with van der Waals surface area (Å²) in [7, 11) is 0. The fourth-order valence-corrected chi connectivity index (χ4v) is 5.18. The minimum absolute atomic E-state index is 0.0524. The van der Waals surface area contributed by atoms with E-state index in [1.165, 1.54) is 23.1 Å². The van der Waals surface area contributed by atoms with E-state index in [4.69, 9.17) is 5.73 Å². The number of thiophene rings is 2. The van der Waals surface area contributed by atoms with Crippen molar-refractivity contribution in [2.45, 2.75) is 11.2 Å². The van der Waals surface area contributed by atoms with Gasteiger partial charge in [-0.1, -0.05) is 23.9 Å². The Balaban J connectivity index is 2.00. The molecule has 2 unspecified atom stereocenters. The number of rotatable bonds is 3. The fourth-order valence-electron chi connectivity index (χ4n) is 2.22. The molecule has 0 aromatic carbocycles. The predicted molar refractivity (Wildman–Crippen MR) is 83.9 cm³/mol. The number of nitrogens with two attached hydrogens (primary N) is 1. The number of nitriles is 1. The standard InChI is InChI=1S/C14H10N2OS3/c15-7-8-11(9-3-1-5-18-9)13(20-14(8)16)12(17)10-4-2-6-19-10/h1-6,11,13H,16H2. The fraction of sp³-hybridized carbons (Fsp3) is 0.143. The Morgan fingerprint density at radius 1 is 1.25 bits per heavy atom. The summed E-state index contributed by atoms with van der Waals surface area (Å²) in [5, 5.41) is 13.3. The summed E-state index contributed by atoms with van der Waals surface area (Å²) in [5.41, 5.74) is 6.46. The van der Waals surface area contributed by atoms with Gasteiger partial charge in [0.2, 0.25) is 0 Å². The number of Topliss-reactive ketones (excluding diaryl/α,β-unsaturated/α-hetero) is 1. The molecule has 3 nitrogen and oxygen atoms in total. The lowest BCUT2D eigenvalue weighted by atomic mass is 9.92. The first-order valence-electron chi connectivity index (χ1n) is 5.90. The van der Waals surface area contributed by atoms with Crippen LogP contribution in [0.25, 0.3) is 0 Å². The average molecular weight is 318 g/mol. The molecule has 0 spiro atoms. The maximum atomic E-state index is 12.6. The van der Waals surface area contributed by atoms with Crippen LogP contribution in [0.15, 0.2) is 45.6 Å². The van der Waals surface area contributed by atoms with Gasteiger partial charge in [-0.05, 0) is 22.9 Å². The van der Waals surface area contributed by atoms with E-state index in [0.717, 1.165) is 9.75 Å². The summed E-state index contributed by atoms with van der Waals surface area (Å²) < 4.78 is 0. The molecule has 0 fully saturated rings. The van der Waals surface area contributed by atoms with Crippen LogP contribution in [0.2, 0.25) is 0 Å². The van der Waals surface area contributed by atoms with Crippen LogP contribution in [0.4, 0.5) is 0 Å². The Kier molecular flexibility index (Phi) is 3.66. The molecule has 0 radical (unpaired) electrons. The number of carbonyl (C=O) groups excluding carboxylic acids is 1. The molecule has 3 heterocycles. The third-order valence-electron chi connectivity index (χ3n) is 3.13. The molecule has 0 saturated heterocycles. The highest BCUT2D eigenvalue weighted by Crippen LogP contribution is 2.48. The lowest BCUT2D eigenvalue weighted by Crippen LogP contribution is -2.22. The van der Waals surface area contributed by atoms with E-state index >= 15 is 0 Å². The third kappa shape index (κ3) is 2.18. The number of ketones is 1. The van der Waals surface area contributed by atoms with Crippen LogP contribution >= 0.6 is 34.4 Å². The van der Waals surface area contributed by atoms with Crippen molar-refractivity contribution in [2.24, 2.45) is 5.73 Å². The summed E-state index contributed by atoms with van der Waals surface area (Å²) in [5.74, 6) is -0.170. The van der Waals surface area contributed by atoms with Crippen molar-refractivity contribution in [1.29, 1.82) is 5.26 Å². The summed E-state index contributed by atoms with van der Waals surface area (Å²) in [4.78, 5) is 14.4. The van der Waals surface area contributed by atoms with Gasteiger partial charge in [0.1, 0.15) is 0 Å². The van der Waals surface area contributed by atoms with E-state index in [0.29, 0.717) is 10.6 Å². The predicted octanol–water partition coefficient (Wildman–Crippen LogP) is 3.59. The molecule has 3 rings (SSSR count). The minimum Gasteiger partial charge on any atom is -0.393 e. The van der Waals surface area contributed by atoms with Gasteiger partial charge in [0.15, 0.2) is 5.78 Å². The van der Waals surface area contributed by atoms with Crippen molar-refractivity contribution in [3.63, 3.8) is 0 Å². The Morgan fingerprint density at radius 3 is 2.60 bits per heavy atom. The number of nitrogens with zero attached hydrogens (tertiary/aromatic N) is 1. The minimum atomic E-state index is -0.332. The molecule has 0 bridgehead atoms. The first-order chi connectivity index (χ1) is 9.72. The molecule has 2 aromatic rings. The highest BCUT2D eigenvalue weighted by Gasteiger charge is 2.41. The average Bonchev–Trinajstić information content (AvgIpc) is 3.18. The summed E-state index contributed by atoms with van der Waals surface area (Å²) in [6, 6.07) is 9.74. The molecule has 0 saturated carbocycles. The first kappa shape index (κ1) is 13.4. The molecule has 1 aliphatic rings. The molecule has 2 N–H and O–H groups in total. The zero-order chi connectivity index (χ0) is 14.1. The van der Waals surface area contributed by atoms with Gasteiger partial charge in [-0.2, -0.15) is 5.26 Å². The SMILES string of the molecule is N#CC1=C(N)SC(C(=O)c2cccs2)C1c1cccs1. The van der Waals surface area contributed by atoms with Crippen LogP contribution in [0, 0.1) is 11.3 Å². The Labute approximate surface area is 128 Å². The van der Waals surface area contributed by atoms with Gasteiger partial charge < -0.3 is 5.73 Å². The van der Waals surface area contributed by atoms with Crippen molar-refractivity contribution in [2.75, 3.05) is 0 Å². The van der Waals surface area contributed by atoms with Crippen molar-refractivity contribution in [1.82, 2.24) is 0 Å². The molecule has 6 heteroatoms. The van der Waals surface area contributed by atoms with Crippen molar-refractivity contribution < 1.29 is 4.79 Å². The quantitative estimate of drug-likeness (QED) is 0.878. The van der Waals surface area contributed by atoms with Gasteiger partial charge in [0.25, 0.3) is 0 Å². The number of hydrogen-bond acceptors (Lipinski definition) is 6. The molecule has 0 aliphatic carbocycles. The molecule has 20 heavy (non-hydrogen) atoms. The molecule has 2 aromatic heterocycles. The van der Waals surface area contributed by atoms with E-state index in [2.05, 4.69) is 6.07 Å². The van der Waals surface area contributed by atoms with Crippen LogP contribution in [0.3, 0.4) is 0 Å². The van der Waals surface area contributed by atoms with Crippen LogP contribution in [-0.4, -0.2) is 11.0 Å². The summed E-state index contributed by atoms with van der Waals surface area (Å²) in [6.45, 7) is 0. The summed E-state index contributed by atoms with van der Waals surface area (Å²) in [6.07, 6.45) is 0. The number of allylic oxidation sites excluding steroid dienone is 1. The van der Waals surface area contributed by atoms with Crippen LogP contribution in [0.1, 0.15) is 20.5 Å². The molecule has 100 valence electrons. The van der Waals surface area contributed by atoms with E-state index in [1.807, 2.05) is 35.0 Å². The van der Waals surface area contributed by atoms with E-state index in [-0.39, 0.29) is 17.0 Å². The zero-order valence-corrected chi connectivity index (χ0v) is 12.7. The molecular weight excluding hydrogens is 308 g/mol. The maximum absolute atomic E-state index is 12.6. The highest BCUT2D eigenvalue weighted by atomic mass is 32.2. The Bertz CT molecular complexity index is 695. The second kappa shape index (κ2) is 5.44. The second-order valence-electron chi connectivity index (χ2n) is 4.26. The number of hydrogen-bond donors (Lipinski definition) is 1. The maximum Gasteiger partial charge on any atom is 0.187 e. The number of thioether (sulfide) groups is 1. The lowest BCUT2D eigenvalue weighted by Gasteiger charge is -2.16. The van der Waals surface area contributed by atoms with Gasteiger partial charge in [-0.25, -0.2) is 0 Å². The Hall–Kier alpha value is -1.55. The molecule has 0 amide bonds. The van der Waals surface area contributed by atoms with Crippen molar-refractivity contribution in [3.8, 4) is 6.07 Å². The van der Waals surface area contributed by atoms with Crippen LogP contribution in [-0.2, 0) is 0 Å². The summed E-state index contributed by atoms with van der Waals surface area (Å²) >= 11 is 4.29. The van der Waals surface area contributed by atoms with Gasteiger partial charge in [0.05, 0.1) is 32.7 Å². The third-order valence-corrected chi connectivity index (χ3v) is 6.18. The van der Waals surface area contributed by atoms with Crippen molar-refractivity contribution >= 4 is 40.2 Å². The van der Waals surface area contributed by atoms with Gasteiger partial charge >= 0.3 is 0 Å². The van der Waals surface area contributed by atoms with Crippen LogP contribution < -0.4 is 5.73 Å². The van der Waals surface area contributed by atoms with Gasteiger partial charge in [0, 0.05) is 4.88 Å². The highest BCUT2D eigenvalue weighted by molar-refractivity contribution is 8.04. The molecular formula is C14H10N2OS3. The normalized spacial score (nSPS) is 21.9. The first-order valence-corrected chi connectivity index (χ1v) is 8.53. The molecule has 2 atom stereocenters. The second-order valence-corrected chi connectivity index (χ2v) is 7.37.